The van der Waals surface area contributed by atoms with Gasteiger partial charge >= 0.3 is 0 Å². The van der Waals surface area contributed by atoms with Gasteiger partial charge in [0.25, 0.3) is 5.91 Å². The Bertz CT molecular complexity index is 952. The summed E-state index contributed by atoms with van der Waals surface area (Å²) in [4.78, 5) is 26.2. The summed E-state index contributed by atoms with van der Waals surface area (Å²) in [6, 6.07) is 16.5. The Hall–Kier alpha value is -3.59. The van der Waals surface area contributed by atoms with Gasteiger partial charge < -0.3 is 15.5 Å². The van der Waals surface area contributed by atoms with E-state index >= 15 is 0 Å². The lowest BCUT2D eigenvalue weighted by Gasteiger charge is -2.28. The van der Waals surface area contributed by atoms with E-state index in [0.29, 0.717) is 11.3 Å². The summed E-state index contributed by atoms with van der Waals surface area (Å²) in [5.41, 5.74) is 2.89. The topological polar surface area (TPSA) is 85.2 Å². The van der Waals surface area contributed by atoms with Crippen molar-refractivity contribution in [1.29, 1.82) is 5.26 Å². The molecule has 0 radical (unpaired) electrons. The highest BCUT2D eigenvalue weighted by atomic mass is 16.1. The zero-order valence-electron chi connectivity index (χ0n) is 16.4. The molecule has 148 valence electrons. The molecule has 0 spiro atoms. The Labute approximate surface area is 170 Å². The fraction of sp³-hybridized carbons (Fsp3) is 0.261. The second-order valence-electron chi connectivity index (χ2n) is 7.00. The first-order valence-corrected chi connectivity index (χ1v) is 9.71. The van der Waals surface area contributed by atoms with Crippen LogP contribution in [0.1, 0.15) is 36.5 Å². The number of benzene rings is 2. The predicted octanol–water partition coefficient (Wildman–Crippen LogP) is 4.34. The number of Topliss-reactive ketones (excluding diaryl/α,β-unsaturated/α-hetero) is 1. The summed E-state index contributed by atoms with van der Waals surface area (Å²) in [7, 11) is 0. The number of piperidine rings is 1. The molecule has 1 amide bonds. The molecule has 6 nitrogen and oxygen atoms in total. The molecule has 0 unspecified atom stereocenters. The van der Waals surface area contributed by atoms with Gasteiger partial charge in [-0.15, -0.1) is 0 Å². The number of hydrogen-bond acceptors (Lipinski definition) is 5. The Morgan fingerprint density at radius 3 is 2.41 bits per heavy atom. The third kappa shape index (κ3) is 5.45. The normalized spacial score (nSPS) is 14.1. The number of ketones is 1. The number of nitriles is 1. The molecule has 0 bridgehead atoms. The van der Waals surface area contributed by atoms with Crippen LogP contribution in [-0.2, 0) is 4.79 Å². The van der Waals surface area contributed by atoms with E-state index in [0.717, 1.165) is 18.8 Å². The van der Waals surface area contributed by atoms with Gasteiger partial charge in [0.15, 0.2) is 5.78 Å². The van der Waals surface area contributed by atoms with Crippen LogP contribution in [0, 0.1) is 11.3 Å². The van der Waals surface area contributed by atoms with Gasteiger partial charge in [0, 0.05) is 41.9 Å². The molecule has 3 rings (SSSR count). The van der Waals surface area contributed by atoms with Crippen LogP contribution >= 0.6 is 0 Å². The van der Waals surface area contributed by atoms with Gasteiger partial charge in [-0.25, -0.2) is 0 Å². The van der Waals surface area contributed by atoms with Crippen LogP contribution in [0.3, 0.4) is 0 Å². The average Bonchev–Trinajstić information content (AvgIpc) is 2.75. The number of amides is 1. The molecule has 2 aromatic carbocycles. The molecule has 1 aliphatic rings. The van der Waals surface area contributed by atoms with Crippen molar-refractivity contribution in [2.75, 3.05) is 28.6 Å². The second kappa shape index (κ2) is 9.56. The maximum absolute atomic E-state index is 12.4. The molecule has 6 heteroatoms. The number of nitrogens with zero attached hydrogens (tertiary/aromatic N) is 2. The zero-order chi connectivity index (χ0) is 20.6. The van der Waals surface area contributed by atoms with E-state index in [1.54, 1.807) is 24.3 Å². The monoisotopic (exact) mass is 388 g/mol. The van der Waals surface area contributed by atoms with Crippen molar-refractivity contribution >= 4 is 28.8 Å². The highest BCUT2D eigenvalue weighted by Crippen LogP contribution is 2.22. The molecule has 2 N–H and O–H groups in total. The molecular formula is C23H24N4O2. The second-order valence-corrected chi connectivity index (χ2v) is 7.00. The fourth-order valence-electron chi connectivity index (χ4n) is 3.24. The predicted molar refractivity (Wildman–Crippen MR) is 115 cm³/mol. The first kappa shape index (κ1) is 20.2. The standard InChI is InChI=1S/C23H24N4O2/c1-17(28)18-6-5-7-21(14-18)26-23(29)19(15-24)16-25-20-8-10-22(11-9-20)27-12-3-2-4-13-27/h5-11,14,16,25H,2-4,12-13H2,1H3,(H,26,29)/b19-16-. The Morgan fingerprint density at radius 1 is 1.03 bits per heavy atom. The average molecular weight is 388 g/mol. The Kier molecular flexibility index (Phi) is 6.64. The maximum Gasteiger partial charge on any atom is 0.267 e. The van der Waals surface area contributed by atoms with E-state index < -0.39 is 5.91 Å². The van der Waals surface area contributed by atoms with E-state index in [-0.39, 0.29) is 11.4 Å². The van der Waals surface area contributed by atoms with Crippen molar-refractivity contribution in [3.05, 3.63) is 65.9 Å². The lowest BCUT2D eigenvalue weighted by atomic mass is 10.1. The van der Waals surface area contributed by atoms with Crippen LogP contribution in [0.5, 0.6) is 0 Å². The number of anilines is 3. The van der Waals surface area contributed by atoms with Crippen molar-refractivity contribution < 1.29 is 9.59 Å². The van der Waals surface area contributed by atoms with Crippen LogP contribution < -0.4 is 15.5 Å². The summed E-state index contributed by atoms with van der Waals surface area (Å²) in [6.07, 6.45) is 5.12. The van der Waals surface area contributed by atoms with Crippen LogP contribution in [0.25, 0.3) is 0 Å². The molecule has 0 saturated carbocycles. The Balaban J connectivity index is 1.63. The molecule has 1 heterocycles. The Morgan fingerprint density at radius 2 is 1.76 bits per heavy atom. The van der Waals surface area contributed by atoms with E-state index in [9.17, 15) is 14.9 Å². The summed E-state index contributed by atoms with van der Waals surface area (Å²) in [5, 5.41) is 15.0. The molecule has 0 atom stereocenters. The lowest BCUT2D eigenvalue weighted by Crippen LogP contribution is -2.29. The number of carbonyl (C=O) groups is 2. The molecular weight excluding hydrogens is 364 g/mol. The van der Waals surface area contributed by atoms with Gasteiger partial charge in [0.1, 0.15) is 11.6 Å². The van der Waals surface area contributed by atoms with Crippen molar-refractivity contribution in [2.24, 2.45) is 0 Å². The summed E-state index contributed by atoms with van der Waals surface area (Å²) < 4.78 is 0. The SMILES string of the molecule is CC(=O)c1cccc(NC(=O)/C(C#N)=C\Nc2ccc(N3CCCCC3)cc2)c1. The summed E-state index contributed by atoms with van der Waals surface area (Å²) >= 11 is 0. The van der Waals surface area contributed by atoms with Crippen molar-refractivity contribution in [3.8, 4) is 6.07 Å². The third-order valence-electron chi connectivity index (χ3n) is 4.86. The number of nitrogens with one attached hydrogen (secondary N) is 2. The van der Waals surface area contributed by atoms with Crippen LogP contribution in [0.4, 0.5) is 17.1 Å². The van der Waals surface area contributed by atoms with E-state index in [2.05, 4.69) is 15.5 Å². The van der Waals surface area contributed by atoms with Crippen molar-refractivity contribution in [2.45, 2.75) is 26.2 Å². The van der Waals surface area contributed by atoms with Gasteiger partial charge in [-0.2, -0.15) is 5.26 Å². The maximum atomic E-state index is 12.4. The van der Waals surface area contributed by atoms with Crippen molar-refractivity contribution in [1.82, 2.24) is 0 Å². The zero-order valence-corrected chi connectivity index (χ0v) is 16.4. The summed E-state index contributed by atoms with van der Waals surface area (Å²) in [6.45, 7) is 3.62. The van der Waals surface area contributed by atoms with E-state index in [1.165, 1.54) is 38.1 Å². The van der Waals surface area contributed by atoms with Crippen molar-refractivity contribution in [3.63, 3.8) is 0 Å². The smallest absolute Gasteiger partial charge is 0.267 e. The first-order chi connectivity index (χ1) is 14.1. The lowest BCUT2D eigenvalue weighted by molar-refractivity contribution is -0.112. The molecule has 1 saturated heterocycles. The quantitative estimate of drug-likeness (QED) is 0.437. The molecule has 0 aliphatic carbocycles. The summed E-state index contributed by atoms with van der Waals surface area (Å²) in [5.74, 6) is -0.627. The van der Waals surface area contributed by atoms with E-state index in [4.69, 9.17) is 0 Å². The van der Waals surface area contributed by atoms with Gasteiger partial charge in [-0.1, -0.05) is 12.1 Å². The van der Waals surface area contributed by atoms with Crippen LogP contribution in [0.15, 0.2) is 60.3 Å². The van der Waals surface area contributed by atoms with Gasteiger partial charge in [0.2, 0.25) is 0 Å². The highest BCUT2D eigenvalue weighted by Gasteiger charge is 2.12. The van der Waals surface area contributed by atoms with Gasteiger partial charge in [-0.05, 0) is 62.6 Å². The third-order valence-corrected chi connectivity index (χ3v) is 4.86. The van der Waals surface area contributed by atoms with Crippen LogP contribution in [-0.4, -0.2) is 24.8 Å². The highest BCUT2D eigenvalue weighted by molar-refractivity contribution is 6.07. The number of carbonyl (C=O) groups excluding carboxylic acids is 2. The van der Waals surface area contributed by atoms with E-state index in [1.807, 2.05) is 30.3 Å². The minimum Gasteiger partial charge on any atom is -0.372 e. The first-order valence-electron chi connectivity index (χ1n) is 9.71. The number of hydrogen-bond donors (Lipinski definition) is 2. The number of rotatable bonds is 6. The molecule has 29 heavy (non-hydrogen) atoms. The minimum absolute atomic E-state index is 0.0571. The largest absolute Gasteiger partial charge is 0.372 e. The molecule has 1 fully saturated rings. The van der Waals surface area contributed by atoms with Crippen LogP contribution in [0.2, 0.25) is 0 Å². The van der Waals surface area contributed by atoms with Gasteiger partial charge in [0.05, 0.1) is 0 Å². The van der Waals surface area contributed by atoms with Gasteiger partial charge in [-0.3, -0.25) is 9.59 Å². The molecule has 2 aromatic rings. The fourth-order valence-corrected chi connectivity index (χ4v) is 3.24. The minimum atomic E-state index is -0.536. The molecule has 1 aliphatic heterocycles. The molecule has 0 aromatic heterocycles.